The Labute approximate surface area is 111 Å². The number of thiophene rings is 1. The predicted octanol–water partition coefficient (Wildman–Crippen LogP) is 2.64. The normalized spacial score (nSPS) is 15.9. The lowest BCUT2D eigenvalue weighted by molar-refractivity contribution is 0.170. The van der Waals surface area contributed by atoms with Crippen LogP contribution < -0.4 is 0 Å². The molecule has 2 aromatic rings. The highest BCUT2D eigenvalue weighted by Gasteiger charge is 2.19. The molecule has 0 saturated heterocycles. The Balaban J connectivity index is 1.64. The molecule has 1 atom stereocenters. The Morgan fingerprint density at radius 3 is 3.11 bits per heavy atom. The molecule has 18 heavy (non-hydrogen) atoms. The van der Waals surface area contributed by atoms with Gasteiger partial charge >= 0.3 is 0 Å². The molecular formula is C14H18N2OS. The number of aliphatic hydroxyl groups excluding tert-OH is 1. The van der Waals surface area contributed by atoms with E-state index in [2.05, 4.69) is 11.1 Å². The third kappa shape index (κ3) is 2.22. The molecule has 0 amide bonds. The number of imidazole rings is 1. The van der Waals surface area contributed by atoms with Gasteiger partial charge in [-0.1, -0.05) is 0 Å². The number of hydrogen-bond acceptors (Lipinski definition) is 3. The fourth-order valence-corrected chi connectivity index (χ4v) is 3.84. The molecule has 4 heteroatoms. The van der Waals surface area contributed by atoms with Crippen LogP contribution in [0.3, 0.4) is 0 Å². The van der Waals surface area contributed by atoms with Crippen LogP contribution in [0.1, 0.15) is 40.1 Å². The predicted molar refractivity (Wildman–Crippen MR) is 72.8 cm³/mol. The van der Waals surface area contributed by atoms with Crippen molar-refractivity contribution in [1.29, 1.82) is 0 Å². The van der Waals surface area contributed by atoms with Gasteiger partial charge in [0.2, 0.25) is 0 Å². The van der Waals surface area contributed by atoms with Crippen molar-refractivity contribution in [3.05, 3.63) is 39.6 Å². The van der Waals surface area contributed by atoms with Gasteiger partial charge in [0.15, 0.2) is 0 Å². The van der Waals surface area contributed by atoms with Gasteiger partial charge in [0.1, 0.15) is 5.82 Å². The third-order valence-electron chi connectivity index (χ3n) is 3.66. The van der Waals surface area contributed by atoms with E-state index in [0.29, 0.717) is 0 Å². The Kier molecular flexibility index (Phi) is 3.22. The minimum absolute atomic E-state index is 0.336. The lowest BCUT2D eigenvalue weighted by Gasteiger charge is -2.08. The van der Waals surface area contributed by atoms with Gasteiger partial charge in [-0.15, -0.1) is 11.3 Å². The number of aromatic nitrogens is 2. The summed E-state index contributed by atoms with van der Waals surface area (Å²) in [7, 11) is 1.99. The summed E-state index contributed by atoms with van der Waals surface area (Å²) in [5.74, 6) is 1.04. The molecule has 0 fully saturated rings. The van der Waals surface area contributed by atoms with Crippen molar-refractivity contribution in [2.45, 2.75) is 38.2 Å². The van der Waals surface area contributed by atoms with Gasteiger partial charge in [-0.05, 0) is 37.3 Å². The molecule has 0 aliphatic heterocycles. The summed E-state index contributed by atoms with van der Waals surface area (Å²) >= 11 is 1.79. The van der Waals surface area contributed by atoms with Crippen LogP contribution >= 0.6 is 11.3 Å². The van der Waals surface area contributed by atoms with E-state index in [0.717, 1.165) is 23.5 Å². The number of hydrogen-bond donors (Lipinski definition) is 1. The standard InChI is InChI=1S/C14H18N2OS/c1-16-8-7-15-14(16)6-5-11(17)13-9-10-3-2-4-12(10)18-13/h7-9,11,17H,2-6H2,1H3. The average molecular weight is 262 g/mol. The second-order valence-electron chi connectivity index (χ2n) is 4.96. The molecule has 3 nitrogen and oxygen atoms in total. The average Bonchev–Trinajstić information content (AvgIpc) is 3.00. The second-order valence-corrected chi connectivity index (χ2v) is 6.13. The van der Waals surface area contributed by atoms with Crippen LogP contribution in [0.2, 0.25) is 0 Å². The molecule has 3 rings (SSSR count). The minimum atomic E-state index is -0.336. The molecular weight excluding hydrogens is 244 g/mol. The molecule has 1 aliphatic carbocycles. The van der Waals surface area contributed by atoms with Gasteiger partial charge in [0.25, 0.3) is 0 Å². The second kappa shape index (κ2) is 4.86. The largest absolute Gasteiger partial charge is 0.388 e. The summed E-state index contributed by atoms with van der Waals surface area (Å²) < 4.78 is 2.02. The number of nitrogens with zero attached hydrogens (tertiary/aromatic N) is 2. The molecule has 1 unspecified atom stereocenters. The molecule has 1 aliphatic rings. The highest BCUT2D eigenvalue weighted by molar-refractivity contribution is 7.12. The molecule has 0 spiro atoms. The summed E-state index contributed by atoms with van der Waals surface area (Å²) in [6, 6.07) is 2.20. The van der Waals surface area contributed by atoms with Crippen LogP contribution in [0, 0.1) is 0 Å². The van der Waals surface area contributed by atoms with E-state index < -0.39 is 0 Å². The van der Waals surface area contributed by atoms with Gasteiger partial charge in [0.05, 0.1) is 6.10 Å². The van der Waals surface area contributed by atoms with Crippen molar-refractivity contribution in [1.82, 2.24) is 9.55 Å². The van der Waals surface area contributed by atoms with E-state index in [4.69, 9.17) is 0 Å². The van der Waals surface area contributed by atoms with Gasteiger partial charge in [0, 0.05) is 35.6 Å². The van der Waals surface area contributed by atoms with Crippen molar-refractivity contribution < 1.29 is 5.11 Å². The highest BCUT2D eigenvalue weighted by atomic mass is 32.1. The summed E-state index contributed by atoms with van der Waals surface area (Å²) in [6.07, 6.45) is 8.67. The van der Waals surface area contributed by atoms with Gasteiger partial charge in [-0.2, -0.15) is 0 Å². The van der Waals surface area contributed by atoms with E-state index in [1.54, 1.807) is 17.5 Å². The maximum Gasteiger partial charge on any atom is 0.108 e. The van der Waals surface area contributed by atoms with Gasteiger partial charge < -0.3 is 9.67 Å². The van der Waals surface area contributed by atoms with Gasteiger partial charge in [-0.25, -0.2) is 4.98 Å². The fraction of sp³-hybridized carbons (Fsp3) is 0.500. The first-order valence-corrected chi connectivity index (χ1v) is 7.31. The molecule has 0 bridgehead atoms. The Morgan fingerprint density at radius 2 is 2.39 bits per heavy atom. The fourth-order valence-electron chi connectivity index (χ4n) is 2.56. The quantitative estimate of drug-likeness (QED) is 0.920. The number of aliphatic hydroxyl groups is 1. The van der Waals surface area contributed by atoms with Crippen molar-refractivity contribution in [3.63, 3.8) is 0 Å². The Morgan fingerprint density at radius 1 is 1.50 bits per heavy atom. The first-order valence-electron chi connectivity index (χ1n) is 6.50. The van der Waals surface area contributed by atoms with Crippen molar-refractivity contribution in [2.75, 3.05) is 0 Å². The summed E-state index contributed by atoms with van der Waals surface area (Å²) in [4.78, 5) is 6.91. The lowest BCUT2D eigenvalue weighted by Crippen LogP contribution is -2.02. The van der Waals surface area contributed by atoms with Crippen LogP contribution in [0.4, 0.5) is 0 Å². The van der Waals surface area contributed by atoms with Crippen LogP contribution in [0.15, 0.2) is 18.5 Å². The zero-order chi connectivity index (χ0) is 12.5. The van der Waals surface area contributed by atoms with Crippen LogP contribution in [0.5, 0.6) is 0 Å². The molecule has 0 saturated carbocycles. The number of aryl methyl sites for hydroxylation is 4. The SMILES string of the molecule is Cn1ccnc1CCC(O)c1cc2c(s1)CCC2. The van der Waals surface area contributed by atoms with E-state index in [-0.39, 0.29) is 6.10 Å². The smallest absolute Gasteiger partial charge is 0.108 e. The summed E-state index contributed by atoms with van der Waals surface area (Å²) in [5, 5.41) is 10.2. The monoisotopic (exact) mass is 262 g/mol. The van der Waals surface area contributed by atoms with E-state index in [1.807, 2.05) is 17.8 Å². The molecule has 96 valence electrons. The molecule has 1 N–H and O–H groups in total. The maximum absolute atomic E-state index is 10.2. The van der Waals surface area contributed by atoms with E-state index in [9.17, 15) is 5.11 Å². The van der Waals surface area contributed by atoms with Crippen molar-refractivity contribution in [2.24, 2.45) is 7.05 Å². The molecule has 2 heterocycles. The van der Waals surface area contributed by atoms with Crippen molar-refractivity contribution >= 4 is 11.3 Å². The molecule has 0 radical (unpaired) electrons. The zero-order valence-corrected chi connectivity index (χ0v) is 11.4. The first kappa shape index (κ1) is 11.9. The van der Waals surface area contributed by atoms with Crippen LogP contribution in [-0.4, -0.2) is 14.7 Å². The van der Waals surface area contributed by atoms with Crippen molar-refractivity contribution in [3.8, 4) is 0 Å². The molecule has 0 aromatic carbocycles. The van der Waals surface area contributed by atoms with Crippen LogP contribution in [0.25, 0.3) is 0 Å². The third-order valence-corrected chi connectivity index (χ3v) is 4.99. The Bertz CT molecular complexity index is 522. The lowest BCUT2D eigenvalue weighted by atomic mass is 10.1. The maximum atomic E-state index is 10.2. The summed E-state index contributed by atoms with van der Waals surface area (Å²) in [5.41, 5.74) is 1.46. The van der Waals surface area contributed by atoms with Crippen LogP contribution in [-0.2, 0) is 26.3 Å². The number of fused-ring (bicyclic) bond motifs is 1. The van der Waals surface area contributed by atoms with E-state index in [1.165, 1.54) is 29.7 Å². The molecule has 2 aromatic heterocycles. The van der Waals surface area contributed by atoms with E-state index >= 15 is 0 Å². The minimum Gasteiger partial charge on any atom is -0.388 e. The summed E-state index contributed by atoms with van der Waals surface area (Å²) in [6.45, 7) is 0. The number of rotatable bonds is 4. The highest BCUT2D eigenvalue weighted by Crippen LogP contribution is 2.34. The Hall–Kier alpha value is -1.13. The first-order chi connectivity index (χ1) is 8.74. The van der Waals surface area contributed by atoms with Gasteiger partial charge in [-0.3, -0.25) is 0 Å². The zero-order valence-electron chi connectivity index (χ0n) is 10.6. The topological polar surface area (TPSA) is 38.0 Å².